The Hall–Kier alpha value is -3.20. The minimum atomic E-state index is -0.981. The Morgan fingerprint density at radius 2 is 2.09 bits per heavy atom. The number of fused-ring (bicyclic) bond motifs is 2. The first-order valence-corrected chi connectivity index (χ1v) is 11.7. The van der Waals surface area contributed by atoms with E-state index in [1.54, 1.807) is 10.7 Å². The molecule has 170 valence electrons. The van der Waals surface area contributed by atoms with Gasteiger partial charge >= 0.3 is 5.97 Å². The molecule has 0 spiro atoms. The van der Waals surface area contributed by atoms with Gasteiger partial charge in [0.25, 0.3) is 0 Å². The van der Waals surface area contributed by atoms with Crippen LogP contribution in [0.3, 0.4) is 0 Å². The number of carbonyl (C=O) groups excluding carboxylic acids is 1. The first kappa shape index (κ1) is 21.6. The van der Waals surface area contributed by atoms with Crippen LogP contribution in [0, 0.1) is 5.92 Å². The summed E-state index contributed by atoms with van der Waals surface area (Å²) in [7, 11) is 0. The first-order chi connectivity index (χ1) is 15.8. The van der Waals surface area contributed by atoms with E-state index in [4.69, 9.17) is 10.7 Å². The number of nitrogens with zero attached hydrogens (tertiary/aromatic N) is 4. The lowest BCUT2D eigenvalue weighted by molar-refractivity contribution is -0.151. The molecule has 3 N–H and O–H groups in total. The Bertz CT molecular complexity index is 1290. The molecule has 3 aliphatic rings. The van der Waals surface area contributed by atoms with E-state index < -0.39 is 12.0 Å². The van der Waals surface area contributed by atoms with Crippen LogP contribution in [0.2, 0.25) is 0 Å². The van der Waals surface area contributed by atoms with E-state index in [0.29, 0.717) is 34.7 Å². The molecule has 3 heterocycles. The fraction of sp³-hybridized carbons (Fsp3) is 0.333. The number of aliphatic carboxylic acids is 1. The van der Waals surface area contributed by atoms with Crippen molar-refractivity contribution >= 4 is 44.8 Å². The zero-order valence-electron chi connectivity index (χ0n) is 18.1. The van der Waals surface area contributed by atoms with Crippen molar-refractivity contribution in [3.8, 4) is 0 Å². The predicted molar refractivity (Wildman–Crippen MR) is 128 cm³/mol. The summed E-state index contributed by atoms with van der Waals surface area (Å²) >= 11 is 3.58. The Balaban J connectivity index is 1.55. The van der Waals surface area contributed by atoms with Crippen LogP contribution in [-0.4, -0.2) is 49.1 Å². The minimum Gasteiger partial charge on any atom is -0.480 e. The average Bonchev–Trinajstić information content (AvgIpc) is 3.24. The predicted octanol–water partition coefficient (Wildman–Crippen LogP) is 3.71. The molecule has 3 atom stereocenters. The molecule has 33 heavy (non-hydrogen) atoms. The van der Waals surface area contributed by atoms with Gasteiger partial charge in [0.2, 0.25) is 5.91 Å². The zero-order valence-corrected chi connectivity index (χ0v) is 19.7. The number of piperidine rings is 1. The van der Waals surface area contributed by atoms with Gasteiger partial charge in [-0.15, -0.1) is 0 Å². The number of carboxylic acid groups (broad SMARTS) is 1. The van der Waals surface area contributed by atoms with Crippen molar-refractivity contribution in [2.24, 2.45) is 5.92 Å². The summed E-state index contributed by atoms with van der Waals surface area (Å²) in [6.45, 7) is 1.68. The average molecular weight is 510 g/mol. The maximum Gasteiger partial charge on any atom is 0.326 e. The molecule has 8 nitrogen and oxygen atoms in total. The topological polar surface area (TPSA) is 114 Å². The number of nitrogens with two attached hydrogens (primary N) is 1. The first-order valence-electron chi connectivity index (χ1n) is 10.9. The van der Waals surface area contributed by atoms with Gasteiger partial charge in [0.15, 0.2) is 5.65 Å². The number of anilines is 1. The molecule has 5 rings (SSSR count). The third-order valence-corrected chi connectivity index (χ3v) is 7.51. The summed E-state index contributed by atoms with van der Waals surface area (Å²) in [5.41, 5.74) is 11.0. The third kappa shape index (κ3) is 3.70. The quantitative estimate of drug-likeness (QED) is 0.651. The van der Waals surface area contributed by atoms with E-state index in [9.17, 15) is 14.7 Å². The van der Waals surface area contributed by atoms with E-state index in [2.05, 4.69) is 51.4 Å². The van der Waals surface area contributed by atoms with Gasteiger partial charge in [-0.3, -0.25) is 4.79 Å². The number of aromatic nitrogens is 3. The van der Waals surface area contributed by atoms with E-state index in [-0.39, 0.29) is 18.4 Å². The minimum absolute atomic E-state index is 0.136. The second-order valence-electron chi connectivity index (χ2n) is 8.68. The molecule has 1 saturated heterocycles. The van der Waals surface area contributed by atoms with Crippen molar-refractivity contribution in [1.29, 1.82) is 0 Å². The van der Waals surface area contributed by atoms with Crippen LogP contribution in [0.15, 0.2) is 52.7 Å². The second-order valence-corrected chi connectivity index (χ2v) is 9.47. The Morgan fingerprint density at radius 3 is 2.85 bits per heavy atom. The van der Waals surface area contributed by atoms with Gasteiger partial charge in [-0.05, 0) is 46.3 Å². The molecule has 0 aromatic carbocycles. The standard InChI is InChI=1S/C24H24BrN5O3/c1-13(31)29-12-17(8-9-19(29)24(32)33)21-20(25)22(26)30-23(28-21)18(11-27-30)16-7-6-14-4-2-3-5-15(14)10-16/h2-5,7,10-11,14,17,19H,6,8-9,12,26H2,1H3,(H,32,33). The molecular formula is C24H24BrN5O3. The fourth-order valence-corrected chi connectivity index (χ4v) is 5.52. The number of amides is 1. The molecule has 2 aromatic rings. The number of rotatable bonds is 3. The molecule has 9 heteroatoms. The Kier molecular flexibility index (Phi) is 5.44. The van der Waals surface area contributed by atoms with Crippen LogP contribution in [0.5, 0.6) is 0 Å². The lowest BCUT2D eigenvalue weighted by Gasteiger charge is -2.37. The third-order valence-electron chi connectivity index (χ3n) is 6.70. The van der Waals surface area contributed by atoms with Gasteiger partial charge in [-0.25, -0.2) is 9.78 Å². The summed E-state index contributed by atoms with van der Waals surface area (Å²) < 4.78 is 2.25. The summed E-state index contributed by atoms with van der Waals surface area (Å²) in [4.78, 5) is 30.1. The molecular weight excluding hydrogens is 486 g/mol. The van der Waals surface area contributed by atoms with Crippen LogP contribution in [-0.2, 0) is 9.59 Å². The van der Waals surface area contributed by atoms with E-state index >= 15 is 0 Å². The van der Waals surface area contributed by atoms with Crippen molar-refractivity contribution in [2.45, 2.75) is 38.1 Å². The van der Waals surface area contributed by atoms with E-state index in [1.807, 2.05) is 6.08 Å². The van der Waals surface area contributed by atoms with E-state index in [1.165, 1.54) is 17.4 Å². The molecule has 2 aromatic heterocycles. The van der Waals surface area contributed by atoms with Crippen molar-refractivity contribution in [3.63, 3.8) is 0 Å². The highest BCUT2D eigenvalue weighted by Crippen LogP contribution is 2.38. The van der Waals surface area contributed by atoms with Crippen LogP contribution in [0.4, 0.5) is 5.82 Å². The number of hydrogen-bond acceptors (Lipinski definition) is 5. The van der Waals surface area contributed by atoms with Gasteiger partial charge in [-0.2, -0.15) is 9.61 Å². The maximum atomic E-state index is 12.2. The summed E-state index contributed by atoms with van der Waals surface area (Å²) in [5.74, 6) is -0.552. The van der Waals surface area contributed by atoms with E-state index in [0.717, 1.165) is 23.3 Å². The van der Waals surface area contributed by atoms with Crippen LogP contribution < -0.4 is 5.73 Å². The largest absolute Gasteiger partial charge is 0.480 e. The number of halogens is 1. The van der Waals surface area contributed by atoms with Gasteiger partial charge in [0, 0.05) is 30.9 Å². The molecule has 0 saturated carbocycles. The number of nitrogen functional groups attached to an aromatic ring is 1. The second kappa shape index (κ2) is 8.30. The maximum absolute atomic E-state index is 12.2. The van der Waals surface area contributed by atoms with Crippen molar-refractivity contribution in [2.75, 3.05) is 12.3 Å². The zero-order chi connectivity index (χ0) is 23.3. The van der Waals surface area contributed by atoms with Gasteiger partial charge < -0.3 is 15.7 Å². The normalized spacial score (nSPS) is 24.4. The lowest BCUT2D eigenvalue weighted by atomic mass is 9.84. The number of likely N-dealkylation sites (tertiary alicyclic amines) is 1. The van der Waals surface area contributed by atoms with Crippen LogP contribution >= 0.6 is 15.9 Å². The Morgan fingerprint density at radius 1 is 1.27 bits per heavy atom. The number of hydrogen-bond donors (Lipinski definition) is 2. The molecule has 2 aliphatic carbocycles. The lowest BCUT2D eigenvalue weighted by Crippen LogP contribution is -2.49. The smallest absolute Gasteiger partial charge is 0.326 e. The summed E-state index contributed by atoms with van der Waals surface area (Å²) in [6.07, 6.45) is 16.5. The molecule has 1 aliphatic heterocycles. The highest BCUT2D eigenvalue weighted by Gasteiger charge is 2.37. The Labute approximate surface area is 199 Å². The SMILES string of the molecule is CC(=O)N1CC(c2nc3c(C4=CCC5C=CC=CC5=C4)cnn3c(N)c2Br)CCC1C(=O)O. The summed E-state index contributed by atoms with van der Waals surface area (Å²) in [6, 6.07) is -0.811. The highest BCUT2D eigenvalue weighted by molar-refractivity contribution is 9.10. The molecule has 0 bridgehead atoms. The van der Waals surface area contributed by atoms with Crippen molar-refractivity contribution in [3.05, 3.63) is 64.0 Å². The molecule has 1 amide bonds. The van der Waals surface area contributed by atoms with Crippen molar-refractivity contribution in [1.82, 2.24) is 19.5 Å². The number of allylic oxidation sites excluding steroid dienone is 8. The number of carbonyl (C=O) groups is 2. The monoisotopic (exact) mass is 509 g/mol. The summed E-state index contributed by atoms with van der Waals surface area (Å²) in [5, 5.41) is 14.0. The highest BCUT2D eigenvalue weighted by atomic mass is 79.9. The van der Waals surface area contributed by atoms with Gasteiger partial charge in [-0.1, -0.05) is 36.5 Å². The van der Waals surface area contributed by atoms with Gasteiger partial charge in [0.05, 0.1) is 16.4 Å². The fourth-order valence-electron chi connectivity index (χ4n) is 4.94. The molecule has 0 radical (unpaired) electrons. The molecule has 3 unspecified atom stereocenters. The van der Waals surface area contributed by atoms with Crippen molar-refractivity contribution < 1.29 is 14.7 Å². The van der Waals surface area contributed by atoms with Gasteiger partial charge in [0.1, 0.15) is 11.9 Å². The molecule has 1 fully saturated rings. The van der Waals surface area contributed by atoms with Crippen LogP contribution in [0.25, 0.3) is 11.2 Å². The number of carboxylic acids is 1. The van der Waals surface area contributed by atoms with Crippen LogP contribution in [0.1, 0.15) is 43.4 Å².